The molecule has 3 rings (SSSR count). The van der Waals surface area contributed by atoms with E-state index in [1.165, 1.54) is 12.1 Å². The van der Waals surface area contributed by atoms with Gasteiger partial charge in [0.2, 0.25) is 5.91 Å². The van der Waals surface area contributed by atoms with E-state index >= 15 is 0 Å². The SMILES string of the molecule is O=C(Cc1ccccn1)Nc1ccc(CCNCC(O)c2cccc(F)c2)cc1. The highest BCUT2D eigenvalue weighted by Gasteiger charge is 2.08. The molecule has 1 unspecified atom stereocenters. The van der Waals surface area contributed by atoms with Gasteiger partial charge >= 0.3 is 0 Å². The molecule has 3 aromatic rings. The Hall–Kier alpha value is -3.09. The number of anilines is 1. The molecule has 3 N–H and O–H groups in total. The van der Waals surface area contributed by atoms with Gasteiger partial charge < -0.3 is 15.7 Å². The Labute approximate surface area is 169 Å². The van der Waals surface area contributed by atoms with Crippen LogP contribution in [0.5, 0.6) is 0 Å². The Bertz CT molecular complexity index is 917. The van der Waals surface area contributed by atoms with Crippen LogP contribution in [0.25, 0.3) is 0 Å². The molecule has 0 spiro atoms. The molecule has 0 saturated heterocycles. The Morgan fingerprint density at radius 1 is 1.07 bits per heavy atom. The molecule has 1 amide bonds. The second kappa shape index (κ2) is 10.5. The van der Waals surface area contributed by atoms with Crippen LogP contribution in [0.4, 0.5) is 10.1 Å². The van der Waals surface area contributed by atoms with E-state index in [0.717, 1.165) is 23.4 Å². The first-order chi connectivity index (χ1) is 14.1. The van der Waals surface area contributed by atoms with Gasteiger partial charge in [-0.25, -0.2) is 4.39 Å². The fourth-order valence-corrected chi connectivity index (χ4v) is 2.93. The molecule has 6 heteroatoms. The predicted molar refractivity (Wildman–Crippen MR) is 111 cm³/mol. The zero-order chi connectivity index (χ0) is 20.5. The first kappa shape index (κ1) is 20.6. The first-order valence-corrected chi connectivity index (χ1v) is 9.53. The summed E-state index contributed by atoms with van der Waals surface area (Å²) >= 11 is 0. The van der Waals surface area contributed by atoms with Crippen LogP contribution >= 0.6 is 0 Å². The van der Waals surface area contributed by atoms with E-state index in [-0.39, 0.29) is 18.1 Å². The second-order valence-corrected chi connectivity index (χ2v) is 6.77. The van der Waals surface area contributed by atoms with Crippen molar-refractivity contribution in [3.8, 4) is 0 Å². The molecule has 0 aliphatic heterocycles. The van der Waals surface area contributed by atoms with Crippen LogP contribution in [0, 0.1) is 5.82 Å². The maximum absolute atomic E-state index is 13.2. The maximum atomic E-state index is 13.2. The fraction of sp³-hybridized carbons (Fsp3) is 0.217. The highest BCUT2D eigenvalue weighted by molar-refractivity contribution is 5.91. The van der Waals surface area contributed by atoms with E-state index in [1.807, 2.05) is 42.5 Å². The standard InChI is InChI=1S/C23H24FN3O2/c24-19-5-3-4-18(14-19)22(28)16-25-13-11-17-7-9-20(10-8-17)27-23(29)15-21-6-1-2-12-26-21/h1-10,12,14,22,25,28H,11,13,15-16H2,(H,27,29). The van der Waals surface area contributed by atoms with Gasteiger partial charge in [0.1, 0.15) is 5.82 Å². The summed E-state index contributed by atoms with van der Waals surface area (Å²) in [6.07, 6.45) is 1.93. The number of carbonyl (C=O) groups excluding carboxylic acids is 1. The number of nitrogens with zero attached hydrogens (tertiary/aromatic N) is 1. The third-order valence-corrected chi connectivity index (χ3v) is 4.47. The molecule has 0 saturated carbocycles. The zero-order valence-electron chi connectivity index (χ0n) is 16.0. The number of aliphatic hydroxyl groups excluding tert-OH is 1. The molecule has 0 aliphatic carbocycles. The summed E-state index contributed by atoms with van der Waals surface area (Å²) in [5.41, 5.74) is 3.14. The van der Waals surface area contributed by atoms with E-state index in [9.17, 15) is 14.3 Å². The molecule has 0 aliphatic rings. The average molecular weight is 393 g/mol. The Morgan fingerprint density at radius 2 is 1.90 bits per heavy atom. The van der Waals surface area contributed by atoms with Gasteiger partial charge in [-0.05, 0) is 60.5 Å². The number of halogens is 1. The number of carbonyl (C=O) groups is 1. The number of aromatic nitrogens is 1. The molecular formula is C23H24FN3O2. The summed E-state index contributed by atoms with van der Waals surface area (Å²) in [7, 11) is 0. The quantitative estimate of drug-likeness (QED) is 0.488. The van der Waals surface area contributed by atoms with Gasteiger partial charge in [0, 0.05) is 24.1 Å². The lowest BCUT2D eigenvalue weighted by molar-refractivity contribution is -0.115. The number of aliphatic hydroxyl groups is 1. The van der Waals surface area contributed by atoms with Crippen molar-refractivity contribution in [2.75, 3.05) is 18.4 Å². The van der Waals surface area contributed by atoms with Gasteiger partial charge in [-0.1, -0.05) is 30.3 Å². The van der Waals surface area contributed by atoms with E-state index in [4.69, 9.17) is 0 Å². The summed E-state index contributed by atoms with van der Waals surface area (Å²) in [6, 6.07) is 19.1. The monoisotopic (exact) mass is 393 g/mol. The zero-order valence-corrected chi connectivity index (χ0v) is 16.0. The van der Waals surface area contributed by atoms with Crippen molar-refractivity contribution in [1.82, 2.24) is 10.3 Å². The van der Waals surface area contributed by atoms with Gasteiger partial charge in [0.05, 0.1) is 12.5 Å². The van der Waals surface area contributed by atoms with Crippen LogP contribution in [0.15, 0.2) is 72.9 Å². The van der Waals surface area contributed by atoms with E-state index in [1.54, 1.807) is 18.3 Å². The van der Waals surface area contributed by atoms with Crippen LogP contribution in [0.2, 0.25) is 0 Å². The van der Waals surface area contributed by atoms with Crippen LogP contribution in [0.3, 0.4) is 0 Å². The van der Waals surface area contributed by atoms with E-state index < -0.39 is 6.10 Å². The molecule has 1 heterocycles. The van der Waals surface area contributed by atoms with Crippen molar-refractivity contribution in [2.24, 2.45) is 0 Å². The van der Waals surface area contributed by atoms with Crippen molar-refractivity contribution in [3.63, 3.8) is 0 Å². The Kier molecular flexibility index (Phi) is 7.44. The van der Waals surface area contributed by atoms with Crippen molar-refractivity contribution >= 4 is 11.6 Å². The molecule has 1 aromatic heterocycles. The van der Waals surface area contributed by atoms with Gasteiger partial charge in [-0.3, -0.25) is 9.78 Å². The largest absolute Gasteiger partial charge is 0.387 e. The number of benzene rings is 2. The molecule has 0 fully saturated rings. The van der Waals surface area contributed by atoms with Crippen LogP contribution < -0.4 is 10.6 Å². The van der Waals surface area contributed by atoms with Crippen molar-refractivity contribution < 1.29 is 14.3 Å². The minimum absolute atomic E-state index is 0.107. The lowest BCUT2D eigenvalue weighted by atomic mass is 10.1. The highest BCUT2D eigenvalue weighted by atomic mass is 19.1. The maximum Gasteiger partial charge on any atom is 0.230 e. The third kappa shape index (κ3) is 6.78. The third-order valence-electron chi connectivity index (χ3n) is 4.47. The number of pyridine rings is 1. The summed E-state index contributed by atoms with van der Waals surface area (Å²) in [5, 5.41) is 16.1. The fourth-order valence-electron chi connectivity index (χ4n) is 2.93. The molecule has 0 bridgehead atoms. The molecule has 5 nitrogen and oxygen atoms in total. The number of rotatable bonds is 9. The summed E-state index contributed by atoms with van der Waals surface area (Å²) in [6.45, 7) is 1.03. The van der Waals surface area contributed by atoms with Gasteiger partial charge in [0.15, 0.2) is 0 Å². The number of amides is 1. The smallest absolute Gasteiger partial charge is 0.230 e. The topological polar surface area (TPSA) is 74.2 Å². The highest BCUT2D eigenvalue weighted by Crippen LogP contribution is 2.13. The lowest BCUT2D eigenvalue weighted by Gasteiger charge is -2.12. The Morgan fingerprint density at radius 3 is 2.62 bits per heavy atom. The summed E-state index contributed by atoms with van der Waals surface area (Å²) in [5.74, 6) is -0.460. The minimum Gasteiger partial charge on any atom is -0.387 e. The number of nitrogens with one attached hydrogen (secondary N) is 2. The molecule has 1 atom stereocenters. The molecular weight excluding hydrogens is 369 g/mol. The van der Waals surface area contributed by atoms with E-state index in [0.29, 0.717) is 18.7 Å². The van der Waals surface area contributed by atoms with Crippen molar-refractivity contribution in [1.29, 1.82) is 0 Å². The second-order valence-electron chi connectivity index (χ2n) is 6.77. The Balaban J connectivity index is 1.39. The minimum atomic E-state index is -0.748. The normalized spacial score (nSPS) is 11.8. The van der Waals surface area contributed by atoms with Crippen LogP contribution in [-0.2, 0) is 17.6 Å². The van der Waals surface area contributed by atoms with Gasteiger partial charge in [0.25, 0.3) is 0 Å². The molecule has 29 heavy (non-hydrogen) atoms. The summed E-state index contributed by atoms with van der Waals surface area (Å²) < 4.78 is 13.2. The van der Waals surface area contributed by atoms with Crippen LogP contribution in [0.1, 0.15) is 22.9 Å². The summed E-state index contributed by atoms with van der Waals surface area (Å²) in [4.78, 5) is 16.2. The van der Waals surface area contributed by atoms with Gasteiger partial charge in [-0.2, -0.15) is 0 Å². The predicted octanol–water partition coefficient (Wildman–Crippen LogP) is 3.27. The first-order valence-electron chi connectivity index (χ1n) is 9.53. The van der Waals surface area contributed by atoms with Crippen molar-refractivity contribution in [3.05, 3.63) is 95.6 Å². The van der Waals surface area contributed by atoms with Crippen LogP contribution in [-0.4, -0.2) is 29.1 Å². The van der Waals surface area contributed by atoms with E-state index in [2.05, 4.69) is 15.6 Å². The number of hydrogen-bond donors (Lipinski definition) is 3. The van der Waals surface area contributed by atoms with Gasteiger partial charge in [-0.15, -0.1) is 0 Å². The number of hydrogen-bond acceptors (Lipinski definition) is 4. The molecule has 0 radical (unpaired) electrons. The lowest BCUT2D eigenvalue weighted by Crippen LogP contribution is -2.23. The average Bonchev–Trinajstić information content (AvgIpc) is 2.73. The molecule has 2 aromatic carbocycles. The molecule has 150 valence electrons. The van der Waals surface area contributed by atoms with Crippen molar-refractivity contribution in [2.45, 2.75) is 18.9 Å².